The van der Waals surface area contributed by atoms with Crippen LogP contribution in [-0.4, -0.2) is 54.0 Å². The fourth-order valence-electron chi connectivity index (χ4n) is 3.82. The van der Waals surface area contributed by atoms with E-state index in [9.17, 15) is 4.79 Å². The Kier molecular flexibility index (Phi) is 6.76. The smallest absolute Gasteiger partial charge is 0.239 e. The van der Waals surface area contributed by atoms with Crippen LogP contribution < -0.4 is 5.73 Å². The fraction of sp³-hybridized carbons (Fsp3) is 0.933. The van der Waals surface area contributed by atoms with Crippen LogP contribution in [-0.2, 0) is 4.79 Å². The lowest BCUT2D eigenvalue weighted by molar-refractivity contribution is -0.135. The maximum Gasteiger partial charge on any atom is 0.239 e. The molecule has 1 heterocycles. The second-order valence-electron chi connectivity index (χ2n) is 6.16. The van der Waals surface area contributed by atoms with Crippen LogP contribution >= 0.6 is 12.4 Å². The van der Waals surface area contributed by atoms with Crippen molar-refractivity contribution in [3.8, 4) is 0 Å². The molecule has 2 aliphatic rings. The Morgan fingerprint density at radius 3 is 2.50 bits per heavy atom. The third-order valence-electron chi connectivity index (χ3n) is 5.16. The van der Waals surface area contributed by atoms with Crippen molar-refractivity contribution in [3.63, 3.8) is 0 Å². The van der Waals surface area contributed by atoms with Gasteiger partial charge in [0, 0.05) is 32.2 Å². The molecule has 5 heteroatoms. The predicted octanol–water partition coefficient (Wildman–Crippen LogP) is 1.72. The molecular weight excluding hydrogens is 274 g/mol. The molecule has 1 amide bonds. The first kappa shape index (κ1) is 17.7. The Bertz CT molecular complexity index is 322. The van der Waals surface area contributed by atoms with E-state index in [0.29, 0.717) is 12.0 Å². The van der Waals surface area contributed by atoms with Crippen molar-refractivity contribution in [1.29, 1.82) is 0 Å². The van der Waals surface area contributed by atoms with Crippen molar-refractivity contribution >= 4 is 18.3 Å². The summed E-state index contributed by atoms with van der Waals surface area (Å²) in [5.74, 6) is 1.61. The van der Waals surface area contributed by atoms with E-state index in [1.54, 1.807) is 0 Å². The van der Waals surface area contributed by atoms with Gasteiger partial charge in [-0.2, -0.15) is 0 Å². The highest BCUT2D eigenvalue weighted by atomic mass is 35.5. The number of amides is 1. The molecule has 0 aromatic heterocycles. The molecule has 118 valence electrons. The van der Waals surface area contributed by atoms with E-state index in [0.717, 1.165) is 38.5 Å². The maximum atomic E-state index is 12.4. The summed E-state index contributed by atoms with van der Waals surface area (Å²) < 4.78 is 0. The highest BCUT2D eigenvalue weighted by molar-refractivity contribution is 5.85. The zero-order chi connectivity index (χ0) is 14.0. The first-order valence-electron chi connectivity index (χ1n) is 7.86. The number of likely N-dealkylation sites (tertiary alicyclic amines) is 1. The molecule has 2 fully saturated rings. The number of hydrogen-bond donors (Lipinski definition) is 1. The SMILES string of the molecule is CCN(CC)C(=O)C(C)N1CC2CCCC(N)C2C1.Cl. The van der Waals surface area contributed by atoms with Crippen molar-refractivity contribution in [1.82, 2.24) is 9.80 Å². The molecule has 0 aromatic rings. The van der Waals surface area contributed by atoms with Crippen LogP contribution in [0.4, 0.5) is 0 Å². The molecule has 0 aromatic carbocycles. The molecule has 0 radical (unpaired) electrons. The molecule has 1 saturated carbocycles. The summed E-state index contributed by atoms with van der Waals surface area (Å²) in [6.45, 7) is 9.84. The molecule has 1 aliphatic heterocycles. The number of carbonyl (C=O) groups excluding carboxylic acids is 1. The van der Waals surface area contributed by atoms with E-state index in [-0.39, 0.29) is 24.4 Å². The number of carbonyl (C=O) groups is 1. The van der Waals surface area contributed by atoms with E-state index < -0.39 is 0 Å². The molecule has 4 atom stereocenters. The summed E-state index contributed by atoms with van der Waals surface area (Å²) >= 11 is 0. The van der Waals surface area contributed by atoms with Gasteiger partial charge in [0.1, 0.15) is 0 Å². The van der Waals surface area contributed by atoms with Crippen LogP contribution in [0, 0.1) is 11.8 Å². The van der Waals surface area contributed by atoms with Crippen LogP contribution in [0.2, 0.25) is 0 Å². The number of fused-ring (bicyclic) bond motifs is 1. The second-order valence-corrected chi connectivity index (χ2v) is 6.16. The lowest BCUT2D eigenvalue weighted by Gasteiger charge is -2.30. The lowest BCUT2D eigenvalue weighted by Crippen LogP contribution is -2.46. The monoisotopic (exact) mass is 303 g/mol. The van der Waals surface area contributed by atoms with Gasteiger partial charge in [-0.25, -0.2) is 0 Å². The Balaban J connectivity index is 0.00000200. The van der Waals surface area contributed by atoms with E-state index in [2.05, 4.69) is 11.8 Å². The molecule has 1 aliphatic carbocycles. The van der Waals surface area contributed by atoms with Gasteiger partial charge in [0.2, 0.25) is 5.91 Å². The van der Waals surface area contributed by atoms with E-state index in [1.165, 1.54) is 12.8 Å². The van der Waals surface area contributed by atoms with E-state index >= 15 is 0 Å². The third-order valence-corrected chi connectivity index (χ3v) is 5.16. The minimum atomic E-state index is 0. The molecule has 2 rings (SSSR count). The Morgan fingerprint density at radius 2 is 1.95 bits per heavy atom. The van der Waals surface area contributed by atoms with Gasteiger partial charge in [-0.3, -0.25) is 9.69 Å². The molecule has 4 unspecified atom stereocenters. The summed E-state index contributed by atoms with van der Waals surface area (Å²) in [4.78, 5) is 16.7. The minimum Gasteiger partial charge on any atom is -0.342 e. The molecule has 0 bridgehead atoms. The van der Waals surface area contributed by atoms with Crippen LogP contribution in [0.25, 0.3) is 0 Å². The quantitative estimate of drug-likeness (QED) is 0.860. The number of rotatable bonds is 4. The van der Waals surface area contributed by atoms with Gasteiger partial charge >= 0.3 is 0 Å². The van der Waals surface area contributed by atoms with Gasteiger partial charge < -0.3 is 10.6 Å². The van der Waals surface area contributed by atoms with Gasteiger partial charge in [-0.05, 0) is 45.4 Å². The maximum absolute atomic E-state index is 12.4. The van der Waals surface area contributed by atoms with Gasteiger partial charge in [0.05, 0.1) is 6.04 Å². The number of hydrogen-bond acceptors (Lipinski definition) is 3. The van der Waals surface area contributed by atoms with Crippen LogP contribution in [0.15, 0.2) is 0 Å². The minimum absolute atomic E-state index is 0. The van der Waals surface area contributed by atoms with Crippen LogP contribution in [0.1, 0.15) is 40.0 Å². The molecule has 1 saturated heterocycles. The molecule has 0 spiro atoms. The Labute approximate surface area is 129 Å². The fourth-order valence-corrected chi connectivity index (χ4v) is 3.82. The lowest BCUT2D eigenvalue weighted by atomic mass is 9.78. The van der Waals surface area contributed by atoms with Crippen LogP contribution in [0.5, 0.6) is 0 Å². The first-order chi connectivity index (χ1) is 9.08. The molecule has 4 nitrogen and oxygen atoms in total. The topological polar surface area (TPSA) is 49.6 Å². The zero-order valence-electron chi connectivity index (χ0n) is 13.0. The third kappa shape index (κ3) is 3.46. The first-order valence-corrected chi connectivity index (χ1v) is 7.86. The second kappa shape index (κ2) is 7.62. The van der Waals surface area contributed by atoms with E-state index in [4.69, 9.17) is 5.73 Å². The normalized spacial score (nSPS) is 31.3. The van der Waals surface area contributed by atoms with Gasteiger partial charge in [0.25, 0.3) is 0 Å². The average Bonchev–Trinajstić information content (AvgIpc) is 2.84. The van der Waals surface area contributed by atoms with Crippen molar-refractivity contribution in [2.75, 3.05) is 26.2 Å². The standard InChI is InChI=1S/C15H29N3O.ClH/c1-4-17(5-2)15(19)11(3)18-9-12-7-6-8-14(16)13(12)10-18;/h11-14H,4-10,16H2,1-3H3;1H. The number of halogens is 1. The highest BCUT2D eigenvalue weighted by Crippen LogP contribution is 2.36. The molecular formula is C15H30ClN3O. The summed E-state index contributed by atoms with van der Waals surface area (Å²) in [5, 5.41) is 0. The summed E-state index contributed by atoms with van der Waals surface area (Å²) in [6, 6.07) is 0.359. The average molecular weight is 304 g/mol. The predicted molar refractivity (Wildman–Crippen MR) is 85.0 cm³/mol. The largest absolute Gasteiger partial charge is 0.342 e. The Morgan fingerprint density at radius 1 is 1.30 bits per heavy atom. The van der Waals surface area contributed by atoms with Crippen LogP contribution in [0.3, 0.4) is 0 Å². The highest BCUT2D eigenvalue weighted by Gasteiger charge is 2.41. The zero-order valence-corrected chi connectivity index (χ0v) is 13.9. The summed E-state index contributed by atoms with van der Waals surface area (Å²) in [5.41, 5.74) is 6.25. The van der Waals surface area contributed by atoms with Crippen molar-refractivity contribution in [3.05, 3.63) is 0 Å². The van der Waals surface area contributed by atoms with E-state index in [1.807, 2.05) is 18.7 Å². The van der Waals surface area contributed by atoms with Crippen molar-refractivity contribution in [2.24, 2.45) is 17.6 Å². The van der Waals surface area contributed by atoms with Crippen molar-refractivity contribution < 1.29 is 4.79 Å². The molecule has 2 N–H and O–H groups in total. The summed E-state index contributed by atoms with van der Waals surface area (Å²) in [7, 11) is 0. The number of nitrogens with two attached hydrogens (primary N) is 1. The number of likely N-dealkylation sites (N-methyl/N-ethyl adjacent to an activating group) is 1. The summed E-state index contributed by atoms with van der Waals surface area (Å²) in [6.07, 6.45) is 3.71. The van der Waals surface area contributed by atoms with Crippen molar-refractivity contribution in [2.45, 2.75) is 52.1 Å². The number of nitrogens with zero attached hydrogens (tertiary/aromatic N) is 2. The van der Waals surface area contributed by atoms with Gasteiger partial charge in [-0.1, -0.05) is 6.42 Å². The molecule has 20 heavy (non-hydrogen) atoms. The van der Waals surface area contributed by atoms with Gasteiger partial charge in [-0.15, -0.1) is 12.4 Å². The van der Waals surface area contributed by atoms with Gasteiger partial charge in [0.15, 0.2) is 0 Å². The Hall–Kier alpha value is -0.320.